The molecule has 0 aromatic heterocycles. The van der Waals surface area contributed by atoms with Crippen LogP contribution >= 0.6 is 11.6 Å². The van der Waals surface area contributed by atoms with Gasteiger partial charge in [-0.15, -0.1) is 18.2 Å². The summed E-state index contributed by atoms with van der Waals surface area (Å²) in [5.74, 6) is 0. The number of rotatable bonds is 5. The highest BCUT2D eigenvalue weighted by atomic mass is 35.5. The number of halogens is 1. The molecule has 60 valence electrons. The fourth-order valence-electron chi connectivity index (χ4n) is 0.589. The van der Waals surface area contributed by atoms with Gasteiger partial charge in [-0.2, -0.15) is 0 Å². The van der Waals surface area contributed by atoms with E-state index in [-0.39, 0.29) is 5.38 Å². The van der Waals surface area contributed by atoms with E-state index in [9.17, 15) is 0 Å². The molecule has 0 spiro atoms. The molecular formula is C7H13ClO2. The minimum absolute atomic E-state index is 0.331. The predicted molar refractivity (Wildman–Crippen MR) is 42.3 cm³/mol. The normalized spacial score (nSPS) is 16.3. The fourth-order valence-corrected chi connectivity index (χ4v) is 0.818. The Morgan fingerprint density at radius 3 is 2.80 bits per heavy atom. The number of aliphatic hydroxyl groups excluding tert-OH is 1. The first kappa shape index (κ1) is 9.95. The first-order valence-electron chi connectivity index (χ1n) is 3.14. The van der Waals surface area contributed by atoms with Gasteiger partial charge in [-0.05, 0) is 6.42 Å². The van der Waals surface area contributed by atoms with Gasteiger partial charge in [0.2, 0.25) is 0 Å². The van der Waals surface area contributed by atoms with Gasteiger partial charge in [0.25, 0.3) is 0 Å². The molecule has 0 aromatic rings. The standard InChI is InChI=1S/C7H13ClO2/c1-3-4-7(9)6(8)5-10-2/h3,6-7,9H,1,4-5H2,2H3. The van der Waals surface area contributed by atoms with E-state index >= 15 is 0 Å². The van der Waals surface area contributed by atoms with Crippen LogP contribution in [-0.2, 0) is 4.74 Å². The maximum atomic E-state index is 9.17. The number of hydrogen-bond donors (Lipinski definition) is 1. The van der Waals surface area contributed by atoms with Gasteiger partial charge in [0.15, 0.2) is 0 Å². The van der Waals surface area contributed by atoms with Gasteiger partial charge < -0.3 is 9.84 Å². The molecule has 2 nitrogen and oxygen atoms in total. The summed E-state index contributed by atoms with van der Waals surface area (Å²) in [6, 6.07) is 0. The van der Waals surface area contributed by atoms with Gasteiger partial charge in [0, 0.05) is 7.11 Å². The van der Waals surface area contributed by atoms with E-state index < -0.39 is 6.10 Å². The molecular weight excluding hydrogens is 152 g/mol. The molecule has 10 heavy (non-hydrogen) atoms. The van der Waals surface area contributed by atoms with Crippen molar-refractivity contribution in [1.29, 1.82) is 0 Å². The molecule has 0 amide bonds. The summed E-state index contributed by atoms with van der Waals surface area (Å²) in [4.78, 5) is 0. The van der Waals surface area contributed by atoms with Crippen LogP contribution in [0.5, 0.6) is 0 Å². The third-order valence-electron chi connectivity index (χ3n) is 1.15. The van der Waals surface area contributed by atoms with Crippen LogP contribution in [0.2, 0.25) is 0 Å². The van der Waals surface area contributed by atoms with Crippen LogP contribution in [0.3, 0.4) is 0 Å². The maximum absolute atomic E-state index is 9.17. The van der Waals surface area contributed by atoms with E-state index in [1.54, 1.807) is 13.2 Å². The average molecular weight is 165 g/mol. The van der Waals surface area contributed by atoms with Crippen molar-refractivity contribution in [2.75, 3.05) is 13.7 Å². The van der Waals surface area contributed by atoms with Gasteiger partial charge in [-0.1, -0.05) is 6.08 Å². The number of aliphatic hydroxyl groups is 1. The summed E-state index contributed by atoms with van der Waals surface area (Å²) in [7, 11) is 1.55. The molecule has 0 radical (unpaired) electrons. The Labute approximate surface area is 66.5 Å². The lowest BCUT2D eigenvalue weighted by Crippen LogP contribution is -2.24. The summed E-state index contributed by atoms with van der Waals surface area (Å²) < 4.78 is 4.74. The zero-order chi connectivity index (χ0) is 7.98. The molecule has 2 atom stereocenters. The van der Waals surface area contributed by atoms with E-state index in [2.05, 4.69) is 6.58 Å². The van der Waals surface area contributed by atoms with Gasteiger partial charge in [0.1, 0.15) is 0 Å². The Bertz CT molecular complexity index is 95.6. The monoisotopic (exact) mass is 164 g/mol. The van der Waals surface area contributed by atoms with Gasteiger partial charge in [-0.3, -0.25) is 0 Å². The van der Waals surface area contributed by atoms with Crippen molar-refractivity contribution < 1.29 is 9.84 Å². The minimum Gasteiger partial charge on any atom is -0.391 e. The molecule has 0 heterocycles. The minimum atomic E-state index is -0.542. The Balaban J connectivity index is 3.47. The van der Waals surface area contributed by atoms with Crippen LogP contribution in [0.1, 0.15) is 6.42 Å². The van der Waals surface area contributed by atoms with Crippen molar-refractivity contribution in [3.8, 4) is 0 Å². The Morgan fingerprint density at radius 2 is 2.40 bits per heavy atom. The third-order valence-corrected chi connectivity index (χ3v) is 1.57. The highest BCUT2D eigenvalue weighted by Crippen LogP contribution is 2.06. The Hall–Kier alpha value is -0.0500. The number of alkyl halides is 1. The van der Waals surface area contributed by atoms with Crippen LogP contribution < -0.4 is 0 Å². The van der Waals surface area contributed by atoms with Crippen molar-refractivity contribution >= 4 is 11.6 Å². The lowest BCUT2D eigenvalue weighted by atomic mass is 10.2. The van der Waals surface area contributed by atoms with Crippen molar-refractivity contribution in [1.82, 2.24) is 0 Å². The molecule has 0 saturated carbocycles. The van der Waals surface area contributed by atoms with E-state index in [0.29, 0.717) is 13.0 Å². The highest BCUT2D eigenvalue weighted by molar-refractivity contribution is 6.21. The summed E-state index contributed by atoms with van der Waals surface area (Å²) in [5, 5.41) is 8.84. The fraction of sp³-hybridized carbons (Fsp3) is 0.714. The SMILES string of the molecule is C=CCC(O)C(Cl)COC. The molecule has 0 saturated heterocycles. The first-order chi connectivity index (χ1) is 4.72. The van der Waals surface area contributed by atoms with Crippen LogP contribution in [0.25, 0.3) is 0 Å². The van der Waals surface area contributed by atoms with Crippen molar-refractivity contribution in [2.45, 2.75) is 17.9 Å². The Kier molecular flexibility index (Phi) is 5.69. The molecule has 0 aromatic carbocycles. The molecule has 1 N–H and O–H groups in total. The topological polar surface area (TPSA) is 29.5 Å². The summed E-state index contributed by atoms with van der Waals surface area (Å²) in [6.45, 7) is 3.86. The second-order valence-electron chi connectivity index (χ2n) is 2.06. The first-order valence-corrected chi connectivity index (χ1v) is 3.58. The van der Waals surface area contributed by atoms with Crippen molar-refractivity contribution in [3.63, 3.8) is 0 Å². The number of ether oxygens (including phenoxy) is 1. The van der Waals surface area contributed by atoms with Crippen molar-refractivity contribution in [2.24, 2.45) is 0 Å². The van der Waals surface area contributed by atoms with Crippen molar-refractivity contribution in [3.05, 3.63) is 12.7 Å². The summed E-state index contributed by atoms with van der Waals surface area (Å²) in [5.41, 5.74) is 0. The lowest BCUT2D eigenvalue weighted by Gasteiger charge is -2.13. The summed E-state index contributed by atoms with van der Waals surface area (Å²) >= 11 is 5.69. The molecule has 0 fully saturated rings. The quantitative estimate of drug-likeness (QED) is 0.489. The number of hydrogen-bond acceptors (Lipinski definition) is 2. The van der Waals surface area contributed by atoms with E-state index in [1.807, 2.05) is 0 Å². The average Bonchev–Trinajstić information content (AvgIpc) is 1.89. The van der Waals surface area contributed by atoms with Crippen LogP contribution in [0, 0.1) is 0 Å². The molecule has 0 aliphatic heterocycles. The van der Waals surface area contributed by atoms with Crippen LogP contribution in [0.15, 0.2) is 12.7 Å². The van der Waals surface area contributed by atoms with Gasteiger partial charge in [-0.25, -0.2) is 0 Å². The zero-order valence-corrected chi connectivity index (χ0v) is 6.84. The smallest absolute Gasteiger partial charge is 0.0831 e. The second-order valence-corrected chi connectivity index (χ2v) is 2.62. The van der Waals surface area contributed by atoms with E-state index in [4.69, 9.17) is 21.4 Å². The van der Waals surface area contributed by atoms with E-state index in [1.165, 1.54) is 0 Å². The molecule has 0 bridgehead atoms. The maximum Gasteiger partial charge on any atom is 0.0831 e. The second kappa shape index (κ2) is 5.71. The highest BCUT2D eigenvalue weighted by Gasteiger charge is 2.13. The van der Waals surface area contributed by atoms with Crippen LogP contribution in [0.4, 0.5) is 0 Å². The van der Waals surface area contributed by atoms with Gasteiger partial charge >= 0.3 is 0 Å². The van der Waals surface area contributed by atoms with Crippen LogP contribution in [-0.4, -0.2) is 30.3 Å². The predicted octanol–water partition coefficient (Wildman–Crippen LogP) is 1.18. The molecule has 3 heteroatoms. The molecule has 2 unspecified atom stereocenters. The zero-order valence-electron chi connectivity index (χ0n) is 6.09. The van der Waals surface area contributed by atoms with Gasteiger partial charge in [0.05, 0.1) is 18.1 Å². The molecule has 0 aliphatic carbocycles. The molecule has 0 rings (SSSR count). The Morgan fingerprint density at radius 1 is 1.80 bits per heavy atom. The third kappa shape index (κ3) is 3.88. The largest absolute Gasteiger partial charge is 0.391 e. The molecule has 0 aliphatic rings. The lowest BCUT2D eigenvalue weighted by molar-refractivity contribution is 0.116. The van der Waals surface area contributed by atoms with E-state index in [0.717, 1.165) is 0 Å². The number of methoxy groups -OCH3 is 1. The summed E-state index contributed by atoms with van der Waals surface area (Å²) in [6.07, 6.45) is 1.60.